The Kier molecular flexibility index (Phi) is 6.02. The van der Waals surface area contributed by atoms with Crippen molar-refractivity contribution >= 4 is 27.8 Å². The van der Waals surface area contributed by atoms with Crippen LogP contribution in [0.2, 0.25) is 0 Å². The molecule has 0 fully saturated rings. The molecule has 0 bridgehead atoms. The molecule has 0 saturated carbocycles. The minimum Gasteiger partial charge on any atom is -0.492 e. The molecule has 0 unspecified atom stereocenters. The van der Waals surface area contributed by atoms with Gasteiger partial charge in [-0.15, -0.1) is 0 Å². The number of hydrogen-bond donors (Lipinski definition) is 2. The molecule has 0 heterocycles. The van der Waals surface area contributed by atoms with E-state index in [9.17, 15) is 14.7 Å². The van der Waals surface area contributed by atoms with Gasteiger partial charge in [0.2, 0.25) is 11.7 Å². The number of methoxy groups -OCH3 is 3. The van der Waals surface area contributed by atoms with Crippen LogP contribution in [-0.4, -0.2) is 38.3 Å². The lowest BCUT2D eigenvalue weighted by atomic mass is 9.92. The van der Waals surface area contributed by atoms with Crippen molar-refractivity contribution in [3.05, 3.63) is 39.4 Å². The van der Waals surface area contributed by atoms with Gasteiger partial charge in [-0.25, -0.2) is 4.79 Å². The summed E-state index contributed by atoms with van der Waals surface area (Å²) >= 11 is 3.64. The second kappa shape index (κ2) is 8.32. The maximum atomic E-state index is 11.8. The van der Waals surface area contributed by atoms with Gasteiger partial charge in [0.25, 0.3) is 0 Å². The molecule has 0 aromatic heterocycles. The van der Waals surface area contributed by atoms with E-state index in [1.807, 2.05) is 0 Å². The summed E-state index contributed by atoms with van der Waals surface area (Å²) in [5.74, 6) is 0.236. The highest BCUT2D eigenvalue weighted by Crippen LogP contribution is 2.54. The molecule has 2 aromatic rings. The summed E-state index contributed by atoms with van der Waals surface area (Å²) in [5.41, 5.74) is 3.38. The number of benzene rings is 2. The zero-order valence-corrected chi connectivity index (χ0v) is 18.2. The van der Waals surface area contributed by atoms with Gasteiger partial charge in [0.1, 0.15) is 0 Å². The molecule has 1 amide bonds. The highest BCUT2D eigenvalue weighted by atomic mass is 79.9. The van der Waals surface area contributed by atoms with Gasteiger partial charge in [0.05, 0.1) is 37.4 Å². The van der Waals surface area contributed by atoms with Crippen LogP contribution in [0.3, 0.4) is 0 Å². The highest BCUT2D eigenvalue weighted by Gasteiger charge is 2.32. The third kappa shape index (κ3) is 3.64. The summed E-state index contributed by atoms with van der Waals surface area (Å²) in [7, 11) is 4.63. The van der Waals surface area contributed by atoms with Gasteiger partial charge < -0.3 is 24.6 Å². The first-order valence-electron chi connectivity index (χ1n) is 8.99. The van der Waals surface area contributed by atoms with Crippen molar-refractivity contribution in [3.63, 3.8) is 0 Å². The second-order valence-electron chi connectivity index (χ2n) is 6.67. The molecule has 154 valence electrons. The zero-order chi connectivity index (χ0) is 21.3. The van der Waals surface area contributed by atoms with Crippen molar-refractivity contribution in [2.45, 2.75) is 25.8 Å². The molecule has 0 radical (unpaired) electrons. The Morgan fingerprint density at radius 2 is 1.76 bits per heavy atom. The second-order valence-corrected chi connectivity index (χ2v) is 7.46. The van der Waals surface area contributed by atoms with Gasteiger partial charge in [0.15, 0.2) is 11.5 Å². The van der Waals surface area contributed by atoms with Crippen molar-refractivity contribution in [2.75, 3.05) is 21.3 Å². The van der Waals surface area contributed by atoms with Crippen LogP contribution in [0.15, 0.2) is 22.7 Å². The van der Waals surface area contributed by atoms with Crippen molar-refractivity contribution in [2.24, 2.45) is 0 Å². The Morgan fingerprint density at radius 1 is 1.10 bits per heavy atom. The Hall–Kier alpha value is -2.74. The van der Waals surface area contributed by atoms with Crippen molar-refractivity contribution < 1.29 is 28.9 Å². The first kappa shape index (κ1) is 21.0. The number of fused-ring (bicyclic) bond motifs is 3. The number of amides is 1. The molecule has 1 aliphatic rings. The van der Waals surface area contributed by atoms with E-state index < -0.39 is 5.97 Å². The van der Waals surface area contributed by atoms with E-state index in [-0.39, 0.29) is 17.5 Å². The molecule has 1 aliphatic carbocycles. The largest absolute Gasteiger partial charge is 0.492 e. The first-order valence-corrected chi connectivity index (χ1v) is 9.78. The lowest BCUT2D eigenvalue weighted by Crippen LogP contribution is -2.26. The maximum Gasteiger partial charge on any atom is 0.335 e. The first-order chi connectivity index (χ1) is 13.8. The van der Waals surface area contributed by atoms with Gasteiger partial charge >= 0.3 is 5.97 Å². The average Bonchev–Trinajstić information content (AvgIpc) is 2.84. The number of halogens is 1. The van der Waals surface area contributed by atoms with E-state index in [0.717, 1.165) is 26.7 Å². The van der Waals surface area contributed by atoms with Crippen LogP contribution >= 0.6 is 15.9 Å². The number of aromatic carboxylic acids is 1. The smallest absolute Gasteiger partial charge is 0.335 e. The molecule has 0 spiro atoms. The minimum atomic E-state index is -1.03. The summed E-state index contributed by atoms with van der Waals surface area (Å²) in [6, 6.07) is 4.56. The fourth-order valence-electron chi connectivity index (χ4n) is 3.83. The lowest BCUT2D eigenvalue weighted by Gasteiger charge is -2.22. The number of ether oxygens (including phenoxy) is 3. The fraction of sp³-hybridized carbons (Fsp3) is 0.333. The molecule has 2 aromatic carbocycles. The van der Waals surface area contributed by atoms with Crippen LogP contribution < -0.4 is 19.5 Å². The fourth-order valence-corrected chi connectivity index (χ4v) is 4.57. The lowest BCUT2D eigenvalue weighted by molar-refractivity contribution is -0.119. The summed E-state index contributed by atoms with van der Waals surface area (Å²) in [4.78, 5) is 23.4. The zero-order valence-electron chi connectivity index (χ0n) is 16.6. The van der Waals surface area contributed by atoms with Gasteiger partial charge in [-0.3, -0.25) is 4.79 Å². The van der Waals surface area contributed by atoms with Crippen LogP contribution in [-0.2, 0) is 11.2 Å². The molecule has 7 nitrogen and oxygen atoms in total. The molecular weight excluding hydrogens is 442 g/mol. The van der Waals surface area contributed by atoms with Crippen LogP contribution in [0, 0.1) is 0 Å². The number of carbonyl (C=O) groups excluding carboxylic acids is 1. The number of carboxylic acids is 1. The summed E-state index contributed by atoms with van der Waals surface area (Å²) in [6.45, 7) is 1.45. The molecule has 29 heavy (non-hydrogen) atoms. The molecule has 2 N–H and O–H groups in total. The van der Waals surface area contributed by atoms with E-state index in [0.29, 0.717) is 30.1 Å². The maximum absolute atomic E-state index is 11.8. The average molecular weight is 464 g/mol. The van der Waals surface area contributed by atoms with E-state index in [4.69, 9.17) is 14.2 Å². The number of carbonyl (C=O) groups is 2. The third-order valence-electron chi connectivity index (χ3n) is 5.02. The SMILES string of the molecule is COc1c(Br)c2c(c(OC)c1OC)-c1ccc(C(=O)O)cc1[C@@H](NC(C)=O)CC2. The third-order valence-corrected chi connectivity index (χ3v) is 5.86. The number of nitrogens with one attached hydrogen (secondary N) is 1. The standard InChI is InChI=1S/C21H22BrNO6/c1-10(24)23-15-8-7-13-16(12-6-5-11(21(25)26)9-14(12)15)18(27-2)20(29-4)19(28-3)17(13)22/h5-6,9,15H,7-8H2,1-4H3,(H,23,24)(H,25,26)/t15-/m0/s1. The van der Waals surface area contributed by atoms with Crippen molar-refractivity contribution in [3.8, 4) is 28.4 Å². The Labute approximate surface area is 177 Å². The molecule has 8 heteroatoms. The van der Waals surface area contributed by atoms with Gasteiger partial charge in [-0.05, 0) is 57.6 Å². The van der Waals surface area contributed by atoms with Crippen molar-refractivity contribution in [1.82, 2.24) is 5.32 Å². The number of carboxylic acid groups (broad SMARTS) is 1. The van der Waals surface area contributed by atoms with E-state index in [1.165, 1.54) is 14.0 Å². The molecule has 0 aliphatic heterocycles. The van der Waals surface area contributed by atoms with Crippen LogP contribution in [0.1, 0.15) is 40.9 Å². The number of rotatable bonds is 5. The summed E-state index contributed by atoms with van der Waals surface area (Å²) in [6.07, 6.45) is 1.19. The summed E-state index contributed by atoms with van der Waals surface area (Å²) < 4.78 is 17.6. The Morgan fingerprint density at radius 3 is 2.31 bits per heavy atom. The predicted octanol–water partition coefficient (Wildman–Crippen LogP) is 3.96. The molecular formula is C21H22BrNO6. The quantitative estimate of drug-likeness (QED) is 0.696. The topological polar surface area (TPSA) is 94.1 Å². The van der Waals surface area contributed by atoms with Crippen molar-refractivity contribution in [1.29, 1.82) is 0 Å². The van der Waals surface area contributed by atoms with E-state index in [2.05, 4.69) is 21.2 Å². The highest BCUT2D eigenvalue weighted by molar-refractivity contribution is 9.10. The van der Waals surface area contributed by atoms with Gasteiger partial charge in [-0.2, -0.15) is 0 Å². The van der Waals surface area contributed by atoms with Crippen LogP contribution in [0.25, 0.3) is 11.1 Å². The summed E-state index contributed by atoms with van der Waals surface area (Å²) in [5, 5.41) is 12.4. The normalized spacial score (nSPS) is 14.9. The minimum absolute atomic E-state index is 0.154. The Bertz CT molecular complexity index is 988. The van der Waals surface area contributed by atoms with Crippen LogP contribution in [0.5, 0.6) is 17.2 Å². The van der Waals surface area contributed by atoms with Gasteiger partial charge in [0, 0.05) is 12.5 Å². The number of hydrogen-bond acceptors (Lipinski definition) is 5. The Balaban J connectivity index is 2.39. The molecule has 1 atom stereocenters. The van der Waals surface area contributed by atoms with Gasteiger partial charge in [-0.1, -0.05) is 6.07 Å². The van der Waals surface area contributed by atoms with E-state index >= 15 is 0 Å². The molecule has 3 rings (SSSR count). The van der Waals surface area contributed by atoms with Crippen LogP contribution in [0.4, 0.5) is 0 Å². The predicted molar refractivity (Wildman–Crippen MR) is 111 cm³/mol. The monoisotopic (exact) mass is 463 g/mol. The van der Waals surface area contributed by atoms with E-state index in [1.54, 1.807) is 32.4 Å². The molecule has 0 saturated heterocycles.